The molecule has 0 aromatic carbocycles. The van der Waals surface area contributed by atoms with Crippen LogP contribution < -0.4 is 0 Å². The molecule has 31 heavy (non-hydrogen) atoms. The first-order chi connectivity index (χ1) is 14.6. The van der Waals surface area contributed by atoms with E-state index in [4.69, 9.17) is 0 Å². The third kappa shape index (κ3) is 3.60. The zero-order valence-electron chi connectivity index (χ0n) is 21.7. The van der Waals surface area contributed by atoms with E-state index >= 15 is 0 Å². The summed E-state index contributed by atoms with van der Waals surface area (Å²) in [5.74, 6) is 3.24. The fourth-order valence-electron chi connectivity index (χ4n) is 9.40. The maximum absolute atomic E-state index is 10.9. The minimum atomic E-state index is -0.107. The first-order valence-corrected chi connectivity index (χ1v) is 13.6. The Labute approximate surface area is 193 Å². The summed E-state index contributed by atoms with van der Waals surface area (Å²) >= 11 is 0. The fourth-order valence-corrected chi connectivity index (χ4v) is 9.40. The van der Waals surface area contributed by atoms with Gasteiger partial charge in [-0.15, -0.1) is 0 Å². The van der Waals surface area contributed by atoms with Crippen LogP contribution in [-0.2, 0) is 0 Å². The quantitative estimate of drug-likeness (QED) is 0.437. The second-order valence-corrected chi connectivity index (χ2v) is 13.0. The van der Waals surface area contributed by atoms with Gasteiger partial charge in [0.25, 0.3) is 0 Å². The van der Waals surface area contributed by atoms with E-state index in [9.17, 15) is 5.11 Å². The Morgan fingerprint density at radius 3 is 2.48 bits per heavy atom. The van der Waals surface area contributed by atoms with Crippen molar-refractivity contribution in [3.05, 3.63) is 22.8 Å². The molecule has 176 valence electrons. The topological polar surface area (TPSA) is 20.2 Å². The Bertz CT molecular complexity index is 742. The van der Waals surface area contributed by atoms with Gasteiger partial charge >= 0.3 is 0 Å². The van der Waals surface area contributed by atoms with E-state index in [0.717, 1.165) is 30.6 Å². The van der Waals surface area contributed by atoms with Gasteiger partial charge in [-0.25, -0.2) is 0 Å². The molecule has 1 unspecified atom stereocenters. The van der Waals surface area contributed by atoms with Gasteiger partial charge in [-0.2, -0.15) is 0 Å². The zero-order chi connectivity index (χ0) is 22.6. The predicted molar refractivity (Wildman–Crippen MR) is 133 cm³/mol. The Balaban J connectivity index is 1.60. The maximum Gasteiger partial charge on any atom is 0.0597 e. The van der Waals surface area contributed by atoms with Crippen molar-refractivity contribution in [2.75, 3.05) is 0 Å². The molecule has 0 aromatic rings. The van der Waals surface area contributed by atoms with Gasteiger partial charge in [0.1, 0.15) is 0 Å². The SMILES string of the molecule is CC[C@@]1(C)C2CCC3=C(CC[C@]4(C)[C@@H]([C@H](C)CCC=C(C)C)CC[C@@H]34)[C@@]2(C)CC[C@@H]1O. The van der Waals surface area contributed by atoms with Crippen LogP contribution in [0.3, 0.4) is 0 Å². The molecule has 0 amide bonds. The van der Waals surface area contributed by atoms with Gasteiger partial charge in [-0.1, -0.05) is 57.4 Å². The lowest BCUT2D eigenvalue weighted by atomic mass is 9.45. The molecule has 0 saturated heterocycles. The molecule has 0 radical (unpaired) electrons. The lowest BCUT2D eigenvalue weighted by Crippen LogP contribution is -2.54. The minimum Gasteiger partial charge on any atom is -0.393 e. The third-order valence-corrected chi connectivity index (χ3v) is 11.4. The average Bonchev–Trinajstić information content (AvgIpc) is 3.08. The number of fused-ring (bicyclic) bond motifs is 4. The highest BCUT2D eigenvalue weighted by Gasteiger charge is 2.59. The van der Waals surface area contributed by atoms with Crippen molar-refractivity contribution >= 4 is 0 Å². The fraction of sp³-hybridized carbons (Fsp3) is 0.867. The molecule has 0 aliphatic heterocycles. The van der Waals surface area contributed by atoms with Crippen LogP contribution in [-0.4, -0.2) is 11.2 Å². The van der Waals surface area contributed by atoms with Crippen LogP contribution in [0.4, 0.5) is 0 Å². The van der Waals surface area contributed by atoms with Crippen molar-refractivity contribution in [3.8, 4) is 0 Å². The number of hydrogen-bond acceptors (Lipinski definition) is 1. The van der Waals surface area contributed by atoms with Crippen LogP contribution in [0, 0.1) is 39.9 Å². The van der Waals surface area contributed by atoms with Gasteiger partial charge < -0.3 is 5.11 Å². The maximum atomic E-state index is 10.9. The van der Waals surface area contributed by atoms with Crippen LogP contribution >= 0.6 is 0 Å². The van der Waals surface area contributed by atoms with Crippen molar-refractivity contribution in [3.63, 3.8) is 0 Å². The first-order valence-electron chi connectivity index (χ1n) is 13.6. The highest BCUT2D eigenvalue weighted by Crippen LogP contribution is 2.68. The van der Waals surface area contributed by atoms with Gasteiger partial charge in [0.15, 0.2) is 0 Å². The molecule has 2 saturated carbocycles. The molecule has 4 aliphatic rings. The number of rotatable bonds is 5. The lowest BCUT2D eigenvalue weighted by Gasteiger charge is -2.60. The van der Waals surface area contributed by atoms with Gasteiger partial charge in [0.05, 0.1) is 6.10 Å². The number of allylic oxidation sites excluding steroid dienone is 4. The lowest BCUT2D eigenvalue weighted by molar-refractivity contribution is -0.105. The van der Waals surface area contributed by atoms with E-state index in [1.165, 1.54) is 63.4 Å². The minimum absolute atomic E-state index is 0.101. The van der Waals surface area contributed by atoms with E-state index in [-0.39, 0.29) is 11.5 Å². The van der Waals surface area contributed by atoms with Gasteiger partial charge in [-0.3, -0.25) is 0 Å². The number of aliphatic hydroxyl groups is 1. The van der Waals surface area contributed by atoms with Crippen LogP contribution in [0.5, 0.6) is 0 Å². The van der Waals surface area contributed by atoms with Crippen LogP contribution in [0.25, 0.3) is 0 Å². The average molecular weight is 427 g/mol. The van der Waals surface area contributed by atoms with Crippen molar-refractivity contribution in [1.82, 2.24) is 0 Å². The molecule has 0 bridgehead atoms. The standard InChI is InChI=1S/C30H50O/c1-8-28(5)26-15-12-22-24-14-13-23(21(4)11-9-10-20(2)3)29(24,6)18-16-25(22)30(26,7)19-17-27(28)31/h10,21,23-24,26-27,31H,8-9,11-19H2,1-7H3/t21-,23-,24+,26?,27+,28+,29-,30-/m1/s1. The molecule has 1 nitrogen and oxygen atoms in total. The normalized spacial score (nSPS) is 45.5. The van der Waals surface area contributed by atoms with Gasteiger partial charge in [0.2, 0.25) is 0 Å². The molecule has 0 aromatic heterocycles. The van der Waals surface area contributed by atoms with E-state index in [1.54, 1.807) is 0 Å². The molecule has 1 N–H and O–H groups in total. The van der Waals surface area contributed by atoms with Crippen molar-refractivity contribution in [2.45, 2.75) is 125 Å². The second-order valence-electron chi connectivity index (χ2n) is 13.0. The Hall–Kier alpha value is -0.560. The van der Waals surface area contributed by atoms with Crippen molar-refractivity contribution in [2.24, 2.45) is 39.9 Å². The smallest absolute Gasteiger partial charge is 0.0597 e. The summed E-state index contributed by atoms with van der Waals surface area (Å²) in [6, 6.07) is 0. The molecule has 4 rings (SSSR count). The summed E-state index contributed by atoms with van der Waals surface area (Å²) in [5, 5.41) is 10.9. The van der Waals surface area contributed by atoms with Crippen LogP contribution in [0.15, 0.2) is 22.8 Å². The van der Waals surface area contributed by atoms with Crippen LogP contribution in [0.1, 0.15) is 119 Å². The largest absolute Gasteiger partial charge is 0.393 e. The molecule has 0 spiro atoms. The summed E-state index contributed by atoms with van der Waals surface area (Å²) in [6.45, 7) is 17.0. The van der Waals surface area contributed by atoms with E-state index in [0.29, 0.717) is 16.7 Å². The highest BCUT2D eigenvalue weighted by atomic mass is 16.3. The number of aliphatic hydroxyl groups excluding tert-OH is 1. The highest BCUT2D eigenvalue weighted by molar-refractivity contribution is 5.35. The second kappa shape index (κ2) is 8.34. The Kier molecular flexibility index (Phi) is 6.35. The molecule has 0 heterocycles. The molecule has 2 fully saturated rings. The molecule has 8 atom stereocenters. The summed E-state index contributed by atoms with van der Waals surface area (Å²) in [5.41, 5.74) is 6.21. The van der Waals surface area contributed by atoms with Gasteiger partial charge in [0, 0.05) is 0 Å². The van der Waals surface area contributed by atoms with Crippen LogP contribution in [0.2, 0.25) is 0 Å². The Morgan fingerprint density at radius 1 is 1.06 bits per heavy atom. The predicted octanol–water partition coefficient (Wildman–Crippen LogP) is 8.48. The molecule has 4 aliphatic carbocycles. The van der Waals surface area contributed by atoms with E-state index in [2.05, 4.69) is 54.5 Å². The van der Waals surface area contributed by atoms with E-state index in [1.807, 2.05) is 11.1 Å². The van der Waals surface area contributed by atoms with Crippen molar-refractivity contribution < 1.29 is 5.11 Å². The van der Waals surface area contributed by atoms with Gasteiger partial charge in [-0.05, 0) is 124 Å². The molecular formula is C30H50O. The Morgan fingerprint density at radius 2 is 1.81 bits per heavy atom. The molecular weight excluding hydrogens is 376 g/mol. The third-order valence-electron chi connectivity index (χ3n) is 11.4. The number of hydrogen-bond donors (Lipinski definition) is 1. The first kappa shape index (κ1) is 23.6. The van der Waals surface area contributed by atoms with Crippen molar-refractivity contribution in [1.29, 1.82) is 0 Å². The summed E-state index contributed by atoms with van der Waals surface area (Å²) in [6.07, 6.45) is 16.5. The van der Waals surface area contributed by atoms with E-state index < -0.39 is 0 Å². The summed E-state index contributed by atoms with van der Waals surface area (Å²) in [7, 11) is 0. The molecule has 1 heteroatoms. The summed E-state index contributed by atoms with van der Waals surface area (Å²) in [4.78, 5) is 0. The monoisotopic (exact) mass is 426 g/mol. The zero-order valence-corrected chi connectivity index (χ0v) is 21.7. The summed E-state index contributed by atoms with van der Waals surface area (Å²) < 4.78 is 0.